The number of hydrogen-bond donors (Lipinski definition) is 0. The molecule has 0 fully saturated rings. The Morgan fingerprint density at radius 2 is 2.14 bits per heavy atom. The van der Waals surface area contributed by atoms with E-state index in [1.54, 1.807) is 30.5 Å². The normalized spacial score (nSPS) is 15.4. The van der Waals surface area contributed by atoms with Crippen LogP contribution in [0.5, 0.6) is 5.75 Å². The molecular formula is C16H13N3O2. The van der Waals surface area contributed by atoms with Crippen molar-refractivity contribution in [1.29, 1.82) is 5.26 Å². The summed E-state index contributed by atoms with van der Waals surface area (Å²) < 4.78 is 7.21. The van der Waals surface area contributed by atoms with Gasteiger partial charge in [0.2, 0.25) is 0 Å². The summed E-state index contributed by atoms with van der Waals surface area (Å²) in [5.41, 5.74) is 1.04. The van der Waals surface area contributed by atoms with Crippen molar-refractivity contribution in [3.8, 4) is 11.8 Å². The predicted octanol–water partition coefficient (Wildman–Crippen LogP) is 2.18. The van der Waals surface area contributed by atoms with E-state index in [0.29, 0.717) is 22.6 Å². The quantitative estimate of drug-likeness (QED) is 0.802. The van der Waals surface area contributed by atoms with E-state index in [2.05, 4.69) is 11.2 Å². The molecule has 0 bridgehead atoms. The van der Waals surface area contributed by atoms with E-state index in [4.69, 9.17) is 10.00 Å². The summed E-state index contributed by atoms with van der Waals surface area (Å²) in [5.74, 6) is 0.633. The first-order chi connectivity index (χ1) is 10.00. The van der Waals surface area contributed by atoms with Gasteiger partial charge >= 0.3 is 0 Å². The lowest BCUT2D eigenvalue weighted by Crippen LogP contribution is -2.32. The molecule has 3 rings (SSSR count). The van der Waals surface area contributed by atoms with E-state index >= 15 is 0 Å². The zero-order valence-corrected chi connectivity index (χ0v) is 11.7. The number of aromatic nitrogens is 2. The second kappa shape index (κ2) is 4.60. The number of nitriles is 1. The number of benzene rings is 1. The van der Waals surface area contributed by atoms with Gasteiger partial charge in [-0.3, -0.25) is 4.79 Å². The highest BCUT2D eigenvalue weighted by molar-refractivity contribution is 5.74. The average Bonchev–Trinajstić information content (AvgIpc) is 2.46. The van der Waals surface area contributed by atoms with Gasteiger partial charge < -0.3 is 4.74 Å². The lowest BCUT2D eigenvalue weighted by Gasteiger charge is -2.31. The minimum Gasteiger partial charge on any atom is -0.483 e. The summed E-state index contributed by atoms with van der Waals surface area (Å²) in [5, 5.41) is 13.2. The maximum atomic E-state index is 12.0. The second-order valence-electron chi connectivity index (χ2n) is 5.33. The molecule has 1 aliphatic rings. The highest BCUT2D eigenvalue weighted by atomic mass is 16.5. The molecule has 1 aromatic heterocycles. The molecule has 5 heteroatoms. The molecule has 0 N–H and O–H groups in total. The third-order valence-electron chi connectivity index (χ3n) is 3.19. The smallest absolute Gasteiger partial charge is 0.271 e. The highest BCUT2D eigenvalue weighted by Gasteiger charge is 2.28. The Kier molecular flexibility index (Phi) is 2.88. The van der Waals surface area contributed by atoms with Gasteiger partial charge in [-0.05, 0) is 44.2 Å². The third kappa shape index (κ3) is 2.32. The number of fused-ring (bicyclic) bond motifs is 1. The summed E-state index contributed by atoms with van der Waals surface area (Å²) in [6.07, 6.45) is 3.39. The van der Waals surface area contributed by atoms with Gasteiger partial charge in [-0.25, -0.2) is 0 Å². The maximum absolute atomic E-state index is 12.0. The van der Waals surface area contributed by atoms with Crippen LogP contribution in [0.4, 0.5) is 0 Å². The standard InChI is InChI=1S/C16H13N3O2/c1-16(2)9-13(19-15(20)4-3-7-18-19)12-8-11(10-17)5-6-14(12)21-16/h3-9H,1-2H3. The number of hydrogen-bond acceptors (Lipinski definition) is 4. The van der Waals surface area contributed by atoms with Crippen LogP contribution in [0.25, 0.3) is 5.70 Å². The van der Waals surface area contributed by atoms with Crippen LogP contribution in [-0.4, -0.2) is 15.4 Å². The molecule has 0 amide bonds. The Labute approximate surface area is 121 Å². The van der Waals surface area contributed by atoms with Gasteiger partial charge in [-0.2, -0.15) is 15.0 Å². The molecular weight excluding hydrogens is 266 g/mol. The Balaban J connectivity index is 2.29. The molecule has 2 aromatic rings. The van der Waals surface area contributed by atoms with Crippen LogP contribution in [0.3, 0.4) is 0 Å². The first kappa shape index (κ1) is 13.1. The monoisotopic (exact) mass is 279 g/mol. The van der Waals surface area contributed by atoms with Crippen LogP contribution in [0.1, 0.15) is 25.0 Å². The number of rotatable bonds is 1. The largest absolute Gasteiger partial charge is 0.483 e. The summed E-state index contributed by atoms with van der Waals surface area (Å²) in [4.78, 5) is 12.0. The Morgan fingerprint density at radius 1 is 1.33 bits per heavy atom. The van der Waals surface area contributed by atoms with Crippen LogP contribution in [0, 0.1) is 11.3 Å². The van der Waals surface area contributed by atoms with Crippen molar-refractivity contribution in [2.75, 3.05) is 0 Å². The molecule has 1 aliphatic heterocycles. The van der Waals surface area contributed by atoms with Gasteiger partial charge in [-0.1, -0.05) is 0 Å². The van der Waals surface area contributed by atoms with Crippen molar-refractivity contribution < 1.29 is 4.74 Å². The summed E-state index contributed by atoms with van der Waals surface area (Å²) >= 11 is 0. The van der Waals surface area contributed by atoms with Gasteiger partial charge in [0.15, 0.2) is 0 Å². The fourth-order valence-corrected chi connectivity index (χ4v) is 2.32. The summed E-state index contributed by atoms with van der Waals surface area (Å²) in [7, 11) is 0. The molecule has 5 nitrogen and oxygen atoms in total. The molecule has 2 heterocycles. The Morgan fingerprint density at radius 3 is 2.86 bits per heavy atom. The van der Waals surface area contributed by atoms with Crippen molar-refractivity contribution >= 4 is 5.70 Å². The molecule has 104 valence electrons. The molecule has 1 aromatic carbocycles. The van der Waals surface area contributed by atoms with E-state index in [1.165, 1.54) is 10.7 Å². The fraction of sp³-hybridized carbons (Fsp3) is 0.188. The zero-order valence-electron chi connectivity index (χ0n) is 11.7. The van der Waals surface area contributed by atoms with E-state index < -0.39 is 5.60 Å². The van der Waals surface area contributed by atoms with Crippen LogP contribution in [-0.2, 0) is 0 Å². The van der Waals surface area contributed by atoms with E-state index in [9.17, 15) is 4.79 Å². The first-order valence-electron chi connectivity index (χ1n) is 6.51. The van der Waals surface area contributed by atoms with Crippen molar-refractivity contribution in [1.82, 2.24) is 9.78 Å². The SMILES string of the molecule is CC1(C)C=C(n2ncccc2=O)c2cc(C#N)ccc2O1. The van der Waals surface area contributed by atoms with Crippen molar-refractivity contribution in [3.63, 3.8) is 0 Å². The van der Waals surface area contributed by atoms with Gasteiger partial charge in [0.05, 0.1) is 17.3 Å². The summed E-state index contributed by atoms with van der Waals surface area (Å²) in [6, 6.07) is 10.3. The zero-order chi connectivity index (χ0) is 15.0. The number of nitrogens with zero attached hydrogens (tertiary/aromatic N) is 3. The van der Waals surface area contributed by atoms with Crippen LogP contribution >= 0.6 is 0 Å². The van der Waals surface area contributed by atoms with Gasteiger partial charge in [0.25, 0.3) is 5.56 Å². The fourth-order valence-electron chi connectivity index (χ4n) is 2.32. The van der Waals surface area contributed by atoms with Crippen molar-refractivity contribution in [3.05, 3.63) is 64.1 Å². The molecule has 0 saturated carbocycles. The van der Waals surface area contributed by atoms with Gasteiger partial charge in [-0.15, -0.1) is 0 Å². The molecule has 0 radical (unpaired) electrons. The maximum Gasteiger partial charge on any atom is 0.271 e. The van der Waals surface area contributed by atoms with Crippen LogP contribution < -0.4 is 10.3 Å². The minimum atomic E-state index is -0.562. The van der Waals surface area contributed by atoms with E-state index in [0.717, 1.165) is 0 Å². The minimum absolute atomic E-state index is 0.227. The molecule has 0 atom stereocenters. The Bertz CT molecular complexity index is 841. The number of ether oxygens (including phenoxy) is 1. The van der Waals surface area contributed by atoms with Crippen LogP contribution in [0.15, 0.2) is 47.4 Å². The molecule has 21 heavy (non-hydrogen) atoms. The topological polar surface area (TPSA) is 67.9 Å². The molecule has 0 aliphatic carbocycles. The lowest BCUT2D eigenvalue weighted by atomic mass is 9.98. The average molecular weight is 279 g/mol. The molecule has 0 unspecified atom stereocenters. The van der Waals surface area contributed by atoms with Gasteiger partial charge in [0.1, 0.15) is 11.4 Å². The third-order valence-corrected chi connectivity index (χ3v) is 3.19. The predicted molar refractivity (Wildman–Crippen MR) is 77.7 cm³/mol. The lowest BCUT2D eigenvalue weighted by molar-refractivity contribution is 0.157. The molecule has 0 saturated heterocycles. The van der Waals surface area contributed by atoms with Crippen molar-refractivity contribution in [2.24, 2.45) is 0 Å². The second-order valence-corrected chi connectivity index (χ2v) is 5.33. The first-order valence-corrected chi connectivity index (χ1v) is 6.51. The Hall–Kier alpha value is -2.87. The van der Waals surface area contributed by atoms with Crippen LogP contribution in [0.2, 0.25) is 0 Å². The van der Waals surface area contributed by atoms with Crippen molar-refractivity contribution in [2.45, 2.75) is 19.4 Å². The highest BCUT2D eigenvalue weighted by Crippen LogP contribution is 2.36. The van der Waals surface area contributed by atoms with Gasteiger partial charge in [0, 0.05) is 17.8 Å². The summed E-state index contributed by atoms with van der Waals surface area (Å²) in [6.45, 7) is 3.81. The van der Waals surface area contributed by atoms with E-state index in [-0.39, 0.29) is 5.56 Å². The molecule has 0 spiro atoms. The van der Waals surface area contributed by atoms with E-state index in [1.807, 2.05) is 19.9 Å².